The quantitative estimate of drug-likeness (QED) is 0.519. The fourth-order valence-corrected chi connectivity index (χ4v) is 1.56. The Bertz CT molecular complexity index is 154. The van der Waals surface area contributed by atoms with Gasteiger partial charge in [0.25, 0.3) is 0 Å². The summed E-state index contributed by atoms with van der Waals surface area (Å²) in [5.74, 6) is -0.235. The monoisotopic (exact) mass is 171 g/mol. The third-order valence-corrected chi connectivity index (χ3v) is 2.09. The molecule has 0 spiro atoms. The van der Waals surface area contributed by atoms with Gasteiger partial charge in [-0.2, -0.15) is 0 Å². The number of primary amides is 1. The van der Waals surface area contributed by atoms with Gasteiger partial charge in [0, 0.05) is 25.0 Å². The molecule has 0 aromatic rings. The molecule has 0 bridgehead atoms. The molecule has 4 N–H and O–H groups in total. The lowest BCUT2D eigenvalue weighted by atomic mass is 10.2. The first kappa shape index (κ1) is 9.48. The Morgan fingerprint density at radius 3 is 3.08 bits per heavy atom. The van der Waals surface area contributed by atoms with Crippen LogP contribution in [0.15, 0.2) is 0 Å². The average molecular weight is 171 g/mol. The number of hydrogen-bond donors (Lipinski definition) is 3. The van der Waals surface area contributed by atoms with Crippen molar-refractivity contribution in [3.8, 4) is 0 Å². The number of carbonyl (C=O) groups excluding carboxylic acids is 1. The van der Waals surface area contributed by atoms with E-state index in [0.29, 0.717) is 12.5 Å². The minimum absolute atomic E-state index is 0.201. The summed E-state index contributed by atoms with van der Waals surface area (Å²) in [6.45, 7) is 4.06. The second kappa shape index (κ2) is 4.42. The second-order valence-corrected chi connectivity index (χ2v) is 3.43. The molecule has 1 aliphatic heterocycles. The van der Waals surface area contributed by atoms with Crippen LogP contribution in [0.4, 0.5) is 0 Å². The van der Waals surface area contributed by atoms with Crippen LogP contribution in [0.3, 0.4) is 0 Å². The maximum atomic E-state index is 10.6. The van der Waals surface area contributed by atoms with Crippen molar-refractivity contribution < 1.29 is 4.79 Å². The van der Waals surface area contributed by atoms with Crippen LogP contribution in [0, 0.1) is 0 Å². The van der Waals surface area contributed by atoms with Gasteiger partial charge in [0.1, 0.15) is 0 Å². The maximum Gasteiger partial charge on any atom is 0.218 e. The van der Waals surface area contributed by atoms with Gasteiger partial charge in [0.05, 0.1) is 0 Å². The van der Waals surface area contributed by atoms with E-state index >= 15 is 0 Å². The molecule has 1 saturated heterocycles. The first-order valence-corrected chi connectivity index (χ1v) is 4.43. The van der Waals surface area contributed by atoms with Crippen molar-refractivity contribution in [1.29, 1.82) is 0 Å². The average Bonchev–Trinajstić information content (AvgIpc) is 2.37. The van der Waals surface area contributed by atoms with Crippen LogP contribution in [-0.2, 0) is 4.79 Å². The minimum atomic E-state index is -0.235. The molecule has 1 fully saturated rings. The molecular formula is C8H17N3O. The van der Waals surface area contributed by atoms with Gasteiger partial charge in [-0.05, 0) is 19.9 Å². The van der Waals surface area contributed by atoms with Crippen molar-refractivity contribution in [3.05, 3.63) is 0 Å². The molecule has 0 saturated carbocycles. The summed E-state index contributed by atoms with van der Waals surface area (Å²) in [5, 5.41) is 6.60. The van der Waals surface area contributed by atoms with Crippen LogP contribution in [0.1, 0.15) is 19.8 Å². The van der Waals surface area contributed by atoms with Crippen LogP contribution in [-0.4, -0.2) is 31.1 Å². The van der Waals surface area contributed by atoms with E-state index < -0.39 is 0 Å². The highest BCUT2D eigenvalue weighted by atomic mass is 16.1. The predicted molar refractivity (Wildman–Crippen MR) is 47.7 cm³/mol. The van der Waals surface area contributed by atoms with Gasteiger partial charge in [-0.25, -0.2) is 0 Å². The molecule has 0 aromatic carbocycles. The molecular weight excluding hydrogens is 154 g/mol. The highest BCUT2D eigenvalue weighted by Gasteiger charge is 2.16. The molecule has 0 radical (unpaired) electrons. The Labute approximate surface area is 72.9 Å². The van der Waals surface area contributed by atoms with E-state index in [-0.39, 0.29) is 11.9 Å². The Hall–Kier alpha value is -0.610. The number of nitrogens with two attached hydrogens (primary N) is 1. The van der Waals surface area contributed by atoms with Crippen molar-refractivity contribution in [2.75, 3.05) is 13.1 Å². The number of carbonyl (C=O) groups is 1. The van der Waals surface area contributed by atoms with Crippen LogP contribution in [0.2, 0.25) is 0 Å². The lowest BCUT2D eigenvalue weighted by Crippen LogP contribution is -2.39. The summed E-state index contributed by atoms with van der Waals surface area (Å²) in [4.78, 5) is 10.6. The zero-order valence-corrected chi connectivity index (χ0v) is 7.47. The summed E-state index contributed by atoms with van der Waals surface area (Å²) in [6.07, 6.45) is 1.57. The zero-order valence-electron chi connectivity index (χ0n) is 7.47. The first-order valence-electron chi connectivity index (χ1n) is 4.43. The lowest BCUT2D eigenvalue weighted by molar-refractivity contribution is -0.118. The van der Waals surface area contributed by atoms with Crippen molar-refractivity contribution in [3.63, 3.8) is 0 Å². The predicted octanol–water partition coefficient (Wildman–Crippen LogP) is -0.798. The Morgan fingerprint density at radius 2 is 2.58 bits per heavy atom. The van der Waals surface area contributed by atoms with Crippen molar-refractivity contribution in [1.82, 2.24) is 10.6 Å². The number of hydrogen-bond acceptors (Lipinski definition) is 3. The molecule has 2 atom stereocenters. The molecule has 4 heteroatoms. The van der Waals surface area contributed by atoms with E-state index in [2.05, 4.69) is 10.6 Å². The Kier molecular flexibility index (Phi) is 3.49. The van der Waals surface area contributed by atoms with Gasteiger partial charge in [0.15, 0.2) is 0 Å². The molecule has 70 valence electrons. The topological polar surface area (TPSA) is 67.2 Å². The fourth-order valence-electron chi connectivity index (χ4n) is 1.56. The smallest absolute Gasteiger partial charge is 0.218 e. The number of amides is 1. The zero-order chi connectivity index (χ0) is 8.97. The minimum Gasteiger partial charge on any atom is -0.370 e. The normalized spacial score (nSPS) is 25.6. The van der Waals surface area contributed by atoms with E-state index in [1.807, 2.05) is 6.92 Å². The van der Waals surface area contributed by atoms with Gasteiger partial charge in [0.2, 0.25) is 5.91 Å². The molecule has 4 nitrogen and oxygen atoms in total. The molecule has 0 aliphatic carbocycles. The van der Waals surface area contributed by atoms with E-state index in [1.165, 1.54) is 0 Å². The number of rotatable bonds is 4. The van der Waals surface area contributed by atoms with Crippen LogP contribution < -0.4 is 16.4 Å². The molecule has 1 heterocycles. The van der Waals surface area contributed by atoms with Gasteiger partial charge >= 0.3 is 0 Å². The van der Waals surface area contributed by atoms with Crippen molar-refractivity contribution in [2.24, 2.45) is 5.73 Å². The second-order valence-electron chi connectivity index (χ2n) is 3.43. The molecule has 1 aliphatic rings. The molecule has 12 heavy (non-hydrogen) atoms. The highest BCUT2D eigenvalue weighted by molar-refractivity contribution is 5.74. The summed E-state index contributed by atoms with van der Waals surface area (Å²) >= 11 is 0. The Morgan fingerprint density at radius 1 is 1.83 bits per heavy atom. The van der Waals surface area contributed by atoms with Gasteiger partial charge in [-0.15, -0.1) is 0 Å². The third-order valence-electron chi connectivity index (χ3n) is 2.09. The molecule has 1 amide bonds. The maximum absolute atomic E-state index is 10.6. The highest BCUT2D eigenvalue weighted by Crippen LogP contribution is 2.00. The SMILES string of the molecule is CC(CC(N)=O)NC1CCNC1. The summed E-state index contributed by atoms with van der Waals surface area (Å²) in [6, 6.07) is 0.715. The number of nitrogens with one attached hydrogen (secondary N) is 2. The van der Waals surface area contributed by atoms with Gasteiger partial charge in [-0.3, -0.25) is 4.79 Å². The van der Waals surface area contributed by atoms with Gasteiger partial charge in [-0.1, -0.05) is 0 Å². The molecule has 2 unspecified atom stereocenters. The van der Waals surface area contributed by atoms with E-state index in [1.54, 1.807) is 0 Å². The Balaban J connectivity index is 2.16. The van der Waals surface area contributed by atoms with Crippen LogP contribution in [0.5, 0.6) is 0 Å². The summed E-state index contributed by atoms with van der Waals surface area (Å²) < 4.78 is 0. The third kappa shape index (κ3) is 3.19. The summed E-state index contributed by atoms with van der Waals surface area (Å²) in [7, 11) is 0. The first-order chi connectivity index (χ1) is 5.68. The molecule has 1 rings (SSSR count). The molecule has 0 aromatic heterocycles. The summed E-state index contributed by atoms with van der Waals surface area (Å²) in [5.41, 5.74) is 5.07. The standard InChI is InChI=1S/C8H17N3O/c1-6(4-8(9)12)11-7-2-3-10-5-7/h6-7,10-11H,2-5H2,1H3,(H2,9,12). The van der Waals surface area contributed by atoms with Crippen LogP contribution in [0.25, 0.3) is 0 Å². The van der Waals surface area contributed by atoms with E-state index in [9.17, 15) is 4.79 Å². The fraction of sp³-hybridized carbons (Fsp3) is 0.875. The van der Waals surface area contributed by atoms with Crippen LogP contribution >= 0.6 is 0 Å². The van der Waals surface area contributed by atoms with E-state index in [4.69, 9.17) is 5.73 Å². The van der Waals surface area contributed by atoms with E-state index in [0.717, 1.165) is 19.5 Å². The van der Waals surface area contributed by atoms with Crippen molar-refractivity contribution >= 4 is 5.91 Å². The van der Waals surface area contributed by atoms with Crippen molar-refractivity contribution in [2.45, 2.75) is 31.8 Å². The van der Waals surface area contributed by atoms with Gasteiger partial charge < -0.3 is 16.4 Å². The largest absolute Gasteiger partial charge is 0.370 e. The lowest BCUT2D eigenvalue weighted by Gasteiger charge is -2.16.